The fourth-order valence-corrected chi connectivity index (χ4v) is 8.26. The number of aliphatic hydroxyl groups is 1. The highest BCUT2D eigenvalue weighted by Crippen LogP contribution is 2.35. The van der Waals surface area contributed by atoms with Crippen molar-refractivity contribution in [3.63, 3.8) is 0 Å². The van der Waals surface area contributed by atoms with E-state index in [1.165, 1.54) is 35.7 Å². The Morgan fingerprint density at radius 3 is 2.23 bits per heavy atom. The van der Waals surface area contributed by atoms with Crippen LogP contribution in [0, 0.1) is 29.1 Å². The Morgan fingerprint density at radius 1 is 0.896 bits per heavy atom. The number of nitrogens with zero attached hydrogens (tertiary/aromatic N) is 5. The Hall–Kier alpha value is -4.28. The summed E-state index contributed by atoms with van der Waals surface area (Å²) in [6.07, 6.45) is 8.42. The molecule has 16 heteroatoms. The van der Waals surface area contributed by atoms with Crippen LogP contribution in [0.5, 0.6) is 0 Å². The lowest BCUT2D eigenvalue weighted by atomic mass is 9.85. The number of aromatic nitrogens is 3. The first-order chi connectivity index (χ1) is 22.9. The van der Waals surface area contributed by atoms with Crippen LogP contribution >= 0.6 is 0 Å². The first kappa shape index (κ1) is 33.6. The number of amides is 1. The molecule has 1 saturated heterocycles. The number of carbonyl (C=O) groups excluding carboxylic acids is 1. The van der Waals surface area contributed by atoms with E-state index in [1.54, 1.807) is 12.3 Å². The van der Waals surface area contributed by atoms with Gasteiger partial charge in [0.15, 0.2) is 28.2 Å². The van der Waals surface area contributed by atoms with E-state index in [2.05, 4.69) is 10.1 Å². The molecule has 0 bridgehead atoms. The average molecular weight is 692 g/mol. The van der Waals surface area contributed by atoms with Gasteiger partial charge in [-0.05, 0) is 61.4 Å². The molecule has 0 radical (unpaired) electrons. The van der Waals surface area contributed by atoms with Gasteiger partial charge in [0.25, 0.3) is 5.56 Å². The summed E-state index contributed by atoms with van der Waals surface area (Å²) >= 11 is 0. The molecule has 48 heavy (non-hydrogen) atoms. The van der Waals surface area contributed by atoms with E-state index in [-0.39, 0.29) is 35.8 Å². The van der Waals surface area contributed by atoms with Crippen molar-refractivity contribution in [1.82, 2.24) is 19.1 Å². The van der Waals surface area contributed by atoms with E-state index in [1.807, 2.05) is 6.07 Å². The first-order valence-electron chi connectivity index (χ1n) is 15.3. The highest BCUT2D eigenvalue weighted by Gasteiger charge is 2.45. The molecular formula is C32H30F5N5O5S. The van der Waals surface area contributed by atoms with Crippen molar-refractivity contribution in [2.45, 2.75) is 75.1 Å². The second-order valence-electron chi connectivity index (χ2n) is 11.9. The molecule has 6 rings (SSSR count). The number of hydrogen-bond acceptors (Lipinski definition) is 7. The summed E-state index contributed by atoms with van der Waals surface area (Å²) < 4.78 is 99.6. The summed E-state index contributed by atoms with van der Waals surface area (Å²) in [6, 6.07) is 6.36. The number of hydrogen-bond donors (Lipinski definition) is 1. The molecule has 2 aromatic heterocycles. The molecule has 254 valence electrons. The van der Waals surface area contributed by atoms with E-state index in [9.17, 15) is 45.1 Å². The zero-order valence-electron chi connectivity index (χ0n) is 25.4. The van der Waals surface area contributed by atoms with E-state index in [0.717, 1.165) is 35.9 Å². The van der Waals surface area contributed by atoms with Gasteiger partial charge in [-0.3, -0.25) is 14.6 Å². The van der Waals surface area contributed by atoms with Gasteiger partial charge in [-0.2, -0.15) is 9.40 Å². The Bertz CT molecular complexity index is 2030. The molecule has 2 aromatic carbocycles. The van der Waals surface area contributed by atoms with Crippen molar-refractivity contribution < 1.29 is 40.3 Å². The lowest BCUT2D eigenvalue weighted by Crippen LogP contribution is -2.48. The maximum Gasteiger partial charge on any atom is 0.276 e. The largest absolute Gasteiger partial charge is 0.374 e. The maximum absolute atomic E-state index is 14.7. The lowest BCUT2D eigenvalue weighted by molar-refractivity contribution is -0.121. The fraction of sp³-hybridized carbons (Fsp3) is 0.375. The predicted octanol–water partition coefficient (Wildman–Crippen LogP) is 4.87. The molecule has 1 N–H and O–H groups in total. The smallest absolute Gasteiger partial charge is 0.276 e. The van der Waals surface area contributed by atoms with Crippen LogP contribution in [0.15, 0.2) is 52.4 Å². The van der Waals surface area contributed by atoms with E-state index in [4.69, 9.17) is 0 Å². The molecule has 2 aliphatic rings. The van der Waals surface area contributed by atoms with Gasteiger partial charge in [0.1, 0.15) is 12.8 Å². The molecule has 0 unspecified atom stereocenters. The van der Waals surface area contributed by atoms with Gasteiger partial charge >= 0.3 is 0 Å². The van der Waals surface area contributed by atoms with Gasteiger partial charge in [-0.1, -0.05) is 25.3 Å². The predicted molar refractivity (Wildman–Crippen MR) is 163 cm³/mol. The van der Waals surface area contributed by atoms with E-state index in [0.29, 0.717) is 15.9 Å². The van der Waals surface area contributed by atoms with Crippen LogP contribution in [-0.4, -0.2) is 51.1 Å². The normalized spacial score (nSPS) is 17.7. The first-order valence-corrected chi connectivity index (χ1v) is 16.8. The summed E-state index contributed by atoms with van der Waals surface area (Å²) in [6.45, 7) is -1.29. The van der Waals surface area contributed by atoms with Gasteiger partial charge in [0.2, 0.25) is 21.7 Å². The summed E-state index contributed by atoms with van der Waals surface area (Å²) in [5, 5.41) is 13.8. The van der Waals surface area contributed by atoms with Crippen LogP contribution in [0.1, 0.15) is 62.1 Å². The number of aliphatic hydroxyl groups excluding tert-OH is 1. The molecule has 0 spiro atoms. The van der Waals surface area contributed by atoms with Crippen molar-refractivity contribution >= 4 is 32.4 Å². The number of anilines is 1. The van der Waals surface area contributed by atoms with E-state index < -0.39 is 74.8 Å². The lowest BCUT2D eigenvalue weighted by Gasteiger charge is -2.30. The molecule has 1 aliphatic heterocycles. The van der Waals surface area contributed by atoms with Gasteiger partial charge in [-0.25, -0.2) is 35.1 Å². The third kappa shape index (κ3) is 5.96. The van der Waals surface area contributed by atoms with Crippen molar-refractivity contribution in [2.75, 3.05) is 11.4 Å². The highest BCUT2D eigenvalue weighted by molar-refractivity contribution is 7.89. The van der Waals surface area contributed by atoms with E-state index >= 15 is 0 Å². The second-order valence-corrected chi connectivity index (χ2v) is 13.7. The zero-order chi connectivity index (χ0) is 34.3. The molecule has 1 amide bonds. The Labute approximate surface area is 271 Å². The standard InChI is InChI=1S/C32H30F5N5O5S/c33-25-26(34)28(36)30(29(37)27(25)35)48(46,47)42-12-4-7-24(42)32(45)40(16-21-9-8-19(14-38-21)18-5-2-1-3-6-18)22-10-11-23-20(13-22)15-39-41(17-43)31(23)44/h8-11,13-15,18,24,43H,1-7,12,16-17H2/t24-/m1/s1. The second kappa shape index (κ2) is 13.3. The Kier molecular flexibility index (Phi) is 9.33. The number of fused-ring (bicyclic) bond motifs is 1. The van der Waals surface area contributed by atoms with Crippen LogP contribution in [0.4, 0.5) is 27.6 Å². The quantitative estimate of drug-likeness (QED) is 0.159. The molecule has 3 heterocycles. The molecule has 2 fully saturated rings. The summed E-state index contributed by atoms with van der Waals surface area (Å²) in [7, 11) is -5.41. The van der Waals surface area contributed by atoms with Crippen molar-refractivity contribution in [3.8, 4) is 0 Å². The van der Waals surface area contributed by atoms with Crippen LogP contribution in [-0.2, 0) is 28.1 Å². The molecule has 10 nitrogen and oxygen atoms in total. The third-order valence-corrected chi connectivity index (χ3v) is 10.9. The van der Waals surface area contributed by atoms with Crippen molar-refractivity contribution in [1.29, 1.82) is 0 Å². The van der Waals surface area contributed by atoms with Crippen LogP contribution in [0.2, 0.25) is 0 Å². The van der Waals surface area contributed by atoms with Gasteiger partial charge in [0, 0.05) is 23.8 Å². The SMILES string of the molecule is O=C([C@H]1CCCN1S(=O)(=O)c1c(F)c(F)c(F)c(F)c1F)N(Cc1ccc(C2CCCCC2)cn1)c1ccc2c(=O)n(CO)ncc2c1. The van der Waals surface area contributed by atoms with Crippen molar-refractivity contribution in [2.24, 2.45) is 0 Å². The monoisotopic (exact) mass is 691 g/mol. The maximum atomic E-state index is 14.7. The van der Waals surface area contributed by atoms with Crippen LogP contribution in [0.25, 0.3) is 10.8 Å². The van der Waals surface area contributed by atoms with Crippen LogP contribution in [0.3, 0.4) is 0 Å². The third-order valence-electron chi connectivity index (χ3n) is 9.02. The number of halogens is 5. The number of benzene rings is 2. The zero-order valence-corrected chi connectivity index (χ0v) is 26.2. The minimum Gasteiger partial charge on any atom is -0.374 e. The highest BCUT2D eigenvalue weighted by atomic mass is 32.2. The Morgan fingerprint density at radius 2 is 1.58 bits per heavy atom. The van der Waals surface area contributed by atoms with Gasteiger partial charge < -0.3 is 10.0 Å². The molecule has 1 aliphatic carbocycles. The fourth-order valence-electron chi connectivity index (χ4n) is 6.49. The van der Waals surface area contributed by atoms with Gasteiger partial charge in [0.05, 0.1) is 23.8 Å². The summed E-state index contributed by atoms with van der Waals surface area (Å²) in [4.78, 5) is 30.7. The molecule has 1 saturated carbocycles. The number of pyridine rings is 1. The van der Waals surface area contributed by atoms with Gasteiger partial charge in [-0.15, -0.1) is 0 Å². The number of carbonyl (C=O) groups is 1. The summed E-state index contributed by atoms with van der Waals surface area (Å²) in [5.41, 5.74) is 1.05. The minimum absolute atomic E-state index is 0.0511. The number of sulfonamides is 1. The topological polar surface area (TPSA) is 126 Å². The number of rotatable bonds is 8. The minimum atomic E-state index is -5.41. The average Bonchev–Trinajstić information content (AvgIpc) is 3.61. The molecule has 4 aromatic rings. The summed E-state index contributed by atoms with van der Waals surface area (Å²) in [5.74, 6) is -12.9. The van der Waals surface area contributed by atoms with Crippen LogP contribution < -0.4 is 10.5 Å². The Balaban J connectivity index is 1.39. The van der Waals surface area contributed by atoms with Crippen molar-refractivity contribution in [3.05, 3.63) is 93.4 Å². The molecule has 1 atom stereocenters. The molecular weight excluding hydrogens is 661 g/mol.